The molecule has 122 valence electrons. The number of rotatable bonds is 4. The van der Waals surface area contributed by atoms with Gasteiger partial charge in [-0.3, -0.25) is 4.79 Å². The molecule has 24 heavy (non-hydrogen) atoms. The molecule has 0 bridgehead atoms. The number of thiophene rings is 1. The van der Waals surface area contributed by atoms with E-state index in [2.05, 4.69) is 9.97 Å². The van der Waals surface area contributed by atoms with Crippen LogP contribution in [-0.4, -0.2) is 21.5 Å². The number of hydrogen-bond donors (Lipinski definition) is 0. The van der Waals surface area contributed by atoms with Crippen LogP contribution in [0.5, 0.6) is 0 Å². The molecule has 0 aliphatic heterocycles. The van der Waals surface area contributed by atoms with Gasteiger partial charge in [-0.05, 0) is 43.4 Å². The molecule has 0 unspecified atom stereocenters. The second-order valence-electron chi connectivity index (χ2n) is 5.76. The second kappa shape index (κ2) is 6.61. The zero-order valence-corrected chi connectivity index (χ0v) is 14.6. The number of carbonyl (C=O) groups excluding carboxylic acids is 1. The molecular weight excluding hydrogens is 343 g/mol. The maximum atomic E-state index is 13.7. The molecule has 0 amide bonds. The zero-order chi connectivity index (χ0) is 16.5. The molecule has 1 aliphatic rings. The van der Waals surface area contributed by atoms with E-state index in [9.17, 15) is 9.18 Å². The first-order chi connectivity index (χ1) is 11.7. The molecule has 0 saturated heterocycles. The minimum atomic E-state index is -0.469. The van der Waals surface area contributed by atoms with Gasteiger partial charge in [0.2, 0.25) is 0 Å². The SMILES string of the molecule is O=C(CSc1ncnc2sc3c(c12)CCCC3)c1ccccc1F. The van der Waals surface area contributed by atoms with Crippen molar-refractivity contribution in [3.8, 4) is 0 Å². The third-order valence-corrected chi connectivity index (χ3v) is 6.42. The molecule has 2 aromatic heterocycles. The number of nitrogens with zero attached hydrogens (tertiary/aromatic N) is 2. The number of halogens is 1. The van der Waals surface area contributed by atoms with E-state index in [0.29, 0.717) is 0 Å². The van der Waals surface area contributed by atoms with Crippen molar-refractivity contribution in [2.45, 2.75) is 30.7 Å². The third-order valence-electron chi connectivity index (χ3n) is 4.23. The minimum Gasteiger partial charge on any atom is -0.293 e. The van der Waals surface area contributed by atoms with Crippen LogP contribution in [0.1, 0.15) is 33.6 Å². The Balaban J connectivity index is 1.62. The van der Waals surface area contributed by atoms with E-state index in [-0.39, 0.29) is 17.1 Å². The quantitative estimate of drug-likeness (QED) is 0.386. The summed E-state index contributed by atoms with van der Waals surface area (Å²) in [6.07, 6.45) is 6.12. The first-order valence-electron chi connectivity index (χ1n) is 7.90. The Morgan fingerprint density at radius 3 is 2.92 bits per heavy atom. The van der Waals surface area contributed by atoms with E-state index < -0.39 is 5.82 Å². The van der Waals surface area contributed by atoms with Crippen LogP contribution >= 0.6 is 23.1 Å². The van der Waals surface area contributed by atoms with Crippen LogP contribution in [0.2, 0.25) is 0 Å². The standard InChI is InChI=1S/C18H15FN2OS2/c19-13-7-3-1-5-11(13)14(22)9-23-17-16-12-6-2-4-8-15(12)24-18(16)21-10-20-17/h1,3,5,7,10H,2,4,6,8-9H2. The highest BCUT2D eigenvalue weighted by molar-refractivity contribution is 8.00. The molecule has 0 saturated carbocycles. The lowest BCUT2D eigenvalue weighted by Crippen LogP contribution is -2.05. The maximum absolute atomic E-state index is 13.7. The molecule has 0 atom stereocenters. The number of Topliss-reactive ketones (excluding diaryl/α,β-unsaturated/α-hetero) is 1. The van der Waals surface area contributed by atoms with Crippen LogP contribution in [-0.2, 0) is 12.8 Å². The molecule has 2 heterocycles. The lowest BCUT2D eigenvalue weighted by molar-refractivity contribution is 0.101. The number of aryl methyl sites for hydroxylation is 2. The van der Waals surface area contributed by atoms with Gasteiger partial charge in [0.05, 0.1) is 11.3 Å². The van der Waals surface area contributed by atoms with Gasteiger partial charge in [-0.25, -0.2) is 14.4 Å². The molecule has 0 spiro atoms. The average Bonchev–Trinajstić information content (AvgIpc) is 2.99. The van der Waals surface area contributed by atoms with Gasteiger partial charge in [-0.2, -0.15) is 0 Å². The number of carbonyl (C=O) groups is 1. The van der Waals surface area contributed by atoms with E-state index in [1.807, 2.05) is 0 Å². The van der Waals surface area contributed by atoms with Crippen molar-refractivity contribution in [2.24, 2.45) is 0 Å². The fourth-order valence-corrected chi connectivity index (χ4v) is 5.27. The predicted octanol–water partition coefficient (Wildman–Crippen LogP) is 4.68. The van der Waals surface area contributed by atoms with Crippen LogP contribution < -0.4 is 0 Å². The molecule has 3 aromatic rings. The summed E-state index contributed by atoms with van der Waals surface area (Å²) in [6, 6.07) is 6.11. The molecule has 1 aromatic carbocycles. The van der Waals surface area contributed by atoms with Gasteiger partial charge >= 0.3 is 0 Å². The van der Waals surface area contributed by atoms with Crippen LogP contribution in [0.4, 0.5) is 4.39 Å². The molecular formula is C18H15FN2OS2. The summed E-state index contributed by atoms with van der Waals surface area (Å²) in [4.78, 5) is 23.5. The summed E-state index contributed by atoms with van der Waals surface area (Å²) in [5, 5.41) is 1.94. The van der Waals surface area contributed by atoms with E-state index in [4.69, 9.17) is 0 Å². The maximum Gasteiger partial charge on any atom is 0.176 e. The number of aromatic nitrogens is 2. The Labute approximate surface area is 147 Å². The summed E-state index contributed by atoms with van der Waals surface area (Å²) < 4.78 is 13.7. The topological polar surface area (TPSA) is 42.9 Å². The van der Waals surface area contributed by atoms with Crippen molar-refractivity contribution < 1.29 is 9.18 Å². The normalized spacial score (nSPS) is 13.9. The van der Waals surface area contributed by atoms with E-state index >= 15 is 0 Å². The van der Waals surface area contributed by atoms with Gasteiger partial charge in [-0.1, -0.05) is 23.9 Å². The molecule has 0 N–H and O–H groups in total. The summed E-state index contributed by atoms with van der Waals surface area (Å²) in [6.45, 7) is 0. The Bertz CT molecular complexity index is 923. The number of benzene rings is 1. The first-order valence-corrected chi connectivity index (χ1v) is 9.70. The van der Waals surface area contributed by atoms with Crippen LogP contribution in [0.15, 0.2) is 35.6 Å². The summed E-state index contributed by atoms with van der Waals surface area (Å²) in [5.74, 6) is -0.504. The number of hydrogen-bond acceptors (Lipinski definition) is 5. The van der Waals surface area contributed by atoms with Crippen LogP contribution in [0.25, 0.3) is 10.2 Å². The van der Waals surface area contributed by atoms with Crippen molar-refractivity contribution >= 4 is 39.1 Å². The smallest absolute Gasteiger partial charge is 0.176 e. The highest BCUT2D eigenvalue weighted by Crippen LogP contribution is 2.39. The van der Waals surface area contributed by atoms with Gasteiger partial charge < -0.3 is 0 Å². The van der Waals surface area contributed by atoms with Crippen LogP contribution in [0, 0.1) is 5.82 Å². The van der Waals surface area contributed by atoms with Crippen LogP contribution in [0.3, 0.4) is 0 Å². The number of ketones is 1. The van der Waals surface area contributed by atoms with Gasteiger partial charge in [0.15, 0.2) is 5.78 Å². The van der Waals surface area contributed by atoms with Crippen molar-refractivity contribution in [3.63, 3.8) is 0 Å². The van der Waals surface area contributed by atoms with E-state index in [1.54, 1.807) is 29.8 Å². The fourth-order valence-electron chi connectivity index (χ4n) is 3.07. The molecule has 0 fully saturated rings. The Hall–Kier alpha value is -1.79. The summed E-state index contributed by atoms with van der Waals surface area (Å²) in [7, 11) is 0. The highest BCUT2D eigenvalue weighted by Gasteiger charge is 2.21. The third kappa shape index (κ3) is 2.84. The van der Waals surface area contributed by atoms with E-state index in [0.717, 1.165) is 28.1 Å². The van der Waals surface area contributed by atoms with Gasteiger partial charge in [0.25, 0.3) is 0 Å². The van der Waals surface area contributed by atoms with Crippen molar-refractivity contribution in [1.29, 1.82) is 0 Å². The Morgan fingerprint density at radius 2 is 2.04 bits per heavy atom. The summed E-state index contributed by atoms with van der Waals surface area (Å²) in [5.41, 5.74) is 1.49. The van der Waals surface area contributed by atoms with Gasteiger partial charge in [0.1, 0.15) is 22.0 Å². The molecule has 1 aliphatic carbocycles. The van der Waals surface area contributed by atoms with Crippen molar-refractivity contribution in [1.82, 2.24) is 9.97 Å². The molecule has 3 nitrogen and oxygen atoms in total. The minimum absolute atomic E-state index is 0.141. The van der Waals surface area contributed by atoms with Gasteiger partial charge in [-0.15, -0.1) is 11.3 Å². The Kier molecular flexibility index (Phi) is 4.33. The van der Waals surface area contributed by atoms with E-state index in [1.165, 1.54) is 47.2 Å². The predicted molar refractivity (Wildman–Crippen MR) is 95.5 cm³/mol. The fraction of sp³-hybridized carbons (Fsp3) is 0.278. The lowest BCUT2D eigenvalue weighted by Gasteiger charge is -2.11. The zero-order valence-electron chi connectivity index (χ0n) is 12.9. The Morgan fingerprint density at radius 1 is 1.21 bits per heavy atom. The summed E-state index contributed by atoms with van der Waals surface area (Å²) >= 11 is 3.12. The van der Waals surface area contributed by atoms with Crippen molar-refractivity contribution in [2.75, 3.05) is 5.75 Å². The average molecular weight is 358 g/mol. The second-order valence-corrected chi connectivity index (χ2v) is 7.81. The number of thioether (sulfide) groups is 1. The largest absolute Gasteiger partial charge is 0.293 e. The van der Waals surface area contributed by atoms with Crippen molar-refractivity contribution in [3.05, 3.63) is 52.4 Å². The lowest BCUT2D eigenvalue weighted by atomic mass is 9.97. The molecule has 0 radical (unpaired) electrons. The highest BCUT2D eigenvalue weighted by atomic mass is 32.2. The molecule has 6 heteroatoms. The first kappa shape index (κ1) is 15.7. The number of fused-ring (bicyclic) bond motifs is 3. The monoisotopic (exact) mass is 358 g/mol. The van der Waals surface area contributed by atoms with Gasteiger partial charge in [0, 0.05) is 10.3 Å². The molecule has 4 rings (SSSR count).